The Morgan fingerprint density at radius 1 is 0.492 bits per heavy atom. The molecule has 0 aromatic rings. The largest absolute Gasteiger partial charge is 0.480 e. The van der Waals surface area contributed by atoms with Crippen LogP contribution in [0.4, 0.5) is 0 Å². The molecular weight excluding hydrogens is 838 g/mol. The fourth-order valence-electron chi connectivity index (χ4n) is 7.43. The second kappa shape index (κ2) is 49.8. The van der Waals surface area contributed by atoms with Gasteiger partial charge in [-0.2, -0.15) is 0 Å². The smallest absolute Gasteiger partial charge is 0.472 e. The minimum absolute atomic E-state index is 0.0133. The Labute approximate surface area is 399 Å². The number of nitrogens with two attached hydrogens (primary N) is 1. The van der Waals surface area contributed by atoms with Crippen LogP contribution >= 0.6 is 7.82 Å². The molecule has 3 atom stereocenters. The predicted octanol–water partition coefficient (Wildman–Crippen LogP) is 15.8. The van der Waals surface area contributed by atoms with Crippen molar-refractivity contribution in [3.05, 3.63) is 48.6 Å². The predicted molar refractivity (Wildman–Crippen MR) is 272 cm³/mol. The van der Waals surface area contributed by atoms with E-state index in [4.69, 9.17) is 29.4 Å². The van der Waals surface area contributed by atoms with E-state index in [0.717, 1.165) is 57.8 Å². The molecule has 10 nitrogen and oxygen atoms in total. The summed E-state index contributed by atoms with van der Waals surface area (Å²) >= 11 is 0. The summed E-state index contributed by atoms with van der Waals surface area (Å²) in [6, 6.07) is -1.48. The van der Waals surface area contributed by atoms with Crippen LogP contribution in [0.2, 0.25) is 0 Å². The number of phosphoric acid groups is 1. The fourth-order valence-corrected chi connectivity index (χ4v) is 8.21. The molecular formula is C54H100NO9P. The number of carboxylic acids is 1. The third-order valence-electron chi connectivity index (χ3n) is 11.6. The first-order valence-corrected chi connectivity index (χ1v) is 28.2. The van der Waals surface area contributed by atoms with Crippen LogP contribution in [0.5, 0.6) is 0 Å². The van der Waals surface area contributed by atoms with Crippen LogP contribution in [0.1, 0.15) is 245 Å². The van der Waals surface area contributed by atoms with Crippen molar-refractivity contribution < 1.29 is 42.7 Å². The molecule has 0 spiro atoms. The highest BCUT2D eigenvalue weighted by Gasteiger charge is 2.27. The van der Waals surface area contributed by atoms with E-state index in [1.165, 1.54) is 161 Å². The van der Waals surface area contributed by atoms with E-state index in [1.807, 2.05) is 0 Å². The number of hydrogen-bond acceptors (Lipinski definition) is 8. The first-order valence-electron chi connectivity index (χ1n) is 26.7. The van der Waals surface area contributed by atoms with Crippen molar-refractivity contribution in [1.82, 2.24) is 0 Å². The van der Waals surface area contributed by atoms with Crippen LogP contribution < -0.4 is 5.73 Å². The molecule has 0 saturated carbocycles. The highest BCUT2D eigenvalue weighted by Crippen LogP contribution is 2.43. The molecule has 0 aromatic carbocycles. The Kier molecular flexibility index (Phi) is 48.2. The van der Waals surface area contributed by atoms with Gasteiger partial charge in [-0.3, -0.25) is 18.6 Å². The number of allylic oxidation sites excluding steroid dienone is 8. The molecule has 380 valence electrons. The van der Waals surface area contributed by atoms with E-state index in [0.29, 0.717) is 13.0 Å². The third kappa shape index (κ3) is 49.7. The summed E-state index contributed by atoms with van der Waals surface area (Å²) in [6.07, 6.45) is 60.2. The number of ether oxygens (including phenoxy) is 2. The zero-order valence-corrected chi connectivity index (χ0v) is 42.7. The number of carboxylic acid groups (broad SMARTS) is 1. The van der Waals surface area contributed by atoms with Crippen LogP contribution in [0.15, 0.2) is 48.6 Å². The molecule has 0 aliphatic rings. The maximum atomic E-state index is 12.7. The third-order valence-corrected chi connectivity index (χ3v) is 12.5. The number of carbonyl (C=O) groups excluding carboxylic acids is 1. The summed E-state index contributed by atoms with van der Waals surface area (Å²) in [6.45, 7) is 3.88. The van der Waals surface area contributed by atoms with Gasteiger partial charge in [0.25, 0.3) is 0 Å². The average molecular weight is 938 g/mol. The molecule has 0 aromatic heterocycles. The number of esters is 1. The van der Waals surface area contributed by atoms with Gasteiger partial charge in [-0.15, -0.1) is 0 Å². The van der Waals surface area contributed by atoms with Crippen LogP contribution in [0, 0.1) is 0 Å². The first-order chi connectivity index (χ1) is 31.7. The van der Waals surface area contributed by atoms with Crippen molar-refractivity contribution >= 4 is 19.8 Å². The minimum Gasteiger partial charge on any atom is -0.480 e. The van der Waals surface area contributed by atoms with Gasteiger partial charge in [0.2, 0.25) is 0 Å². The minimum atomic E-state index is -4.63. The summed E-state index contributed by atoms with van der Waals surface area (Å²) in [5, 5.41) is 8.94. The quantitative estimate of drug-likeness (QED) is 0.0232. The molecule has 0 heterocycles. The lowest BCUT2D eigenvalue weighted by atomic mass is 10.1. The average Bonchev–Trinajstić information content (AvgIpc) is 3.29. The van der Waals surface area contributed by atoms with Crippen molar-refractivity contribution in [2.75, 3.05) is 26.4 Å². The van der Waals surface area contributed by atoms with Crippen LogP contribution in [-0.4, -0.2) is 60.5 Å². The molecule has 0 amide bonds. The Morgan fingerprint density at radius 3 is 1.25 bits per heavy atom. The summed E-state index contributed by atoms with van der Waals surface area (Å²) in [4.78, 5) is 33.7. The van der Waals surface area contributed by atoms with E-state index in [1.54, 1.807) is 0 Å². The first kappa shape index (κ1) is 62.9. The zero-order valence-electron chi connectivity index (χ0n) is 41.8. The van der Waals surface area contributed by atoms with Crippen molar-refractivity contribution in [2.45, 2.75) is 257 Å². The van der Waals surface area contributed by atoms with Crippen LogP contribution in [0.25, 0.3) is 0 Å². The maximum Gasteiger partial charge on any atom is 0.472 e. The monoisotopic (exact) mass is 938 g/mol. The number of phosphoric ester groups is 1. The Hall–Kier alpha value is -2.07. The Bertz CT molecular complexity index is 1220. The van der Waals surface area contributed by atoms with Gasteiger partial charge in [-0.1, -0.05) is 210 Å². The lowest BCUT2D eigenvalue weighted by Crippen LogP contribution is -2.34. The van der Waals surface area contributed by atoms with Gasteiger partial charge in [0.15, 0.2) is 0 Å². The van der Waals surface area contributed by atoms with E-state index in [2.05, 4.69) is 62.5 Å². The van der Waals surface area contributed by atoms with Gasteiger partial charge < -0.3 is 25.2 Å². The maximum absolute atomic E-state index is 12.7. The van der Waals surface area contributed by atoms with Crippen molar-refractivity contribution in [3.8, 4) is 0 Å². The van der Waals surface area contributed by atoms with Gasteiger partial charge in [0.1, 0.15) is 12.1 Å². The Balaban J connectivity index is 4.13. The van der Waals surface area contributed by atoms with Crippen molar-refractivity contribution in [3.63, 3.8) is 0 Å². The molecule has 0 radical (unpaired) electrons. The second-order valence-electron chi connectivity index (χ2n) is 18.0. The van der Waals surface area contributed by atoms with Gasteiger partial charge in [-0.25, -0.2) is 4.57 Å². The van der Waals surface area contributed by atoms with E-state index in [-0.39, 0.29) is 13.0 Å². The van der Waals surface area contributed by atoms with Gasteiger partial charge in [0.05, 0.1) is 19.8 Å². The topological polar surface area (TPSA) is 155 Å². The number of carbonyl (C=O) groups is 2. The fraction of sp³-hybridized carbons (Fsp3) is 0.815. The summed E-state index contributed by atoms with van der Waals surface area (Å²) in [5.74, 6) is -1.78. The van der Waals surface area contributed by atoms with Crippen molar-refractivity contribution in [2.24, 2.45) is 5.73 Å². The number of rotatable bonds is 51. The Morgan fingerprint density at radius 2 is 0.846 bits per heavy atom. The molecule has 0 fully saturated rings. The lowest BCUT2D eigenvalue weighted by Gasteiger charge is -2.20. The van der Waals surface area contributed by atoms with Crippen molar-refractivity contribution in [1.29, 1.82) is 0 Å². The molecule has 0 saturated heterocycles. The SMILES string of the molecule is CCCCCCC/C=C\C/C=C\CCCCCCCCCCCCOCC(COP(=O)(O)OCC(N)C(=O)O)OC(=O)CCCCCCCCCCC/C=C\C/C=C\CCCCCCC. The van der Waals surface area contributed by atoms with Crippen LogP contribution in [0.3, 0.4) is 0 Å². The molecule has 0 aliphatic heterocycles. The van der Waals surface area contributed by atoms with E-state index < -0.39 is 45.1 Å². The van der Waals surface area contributed by atoms with E-state index in [9.17, 15) is 19.0 Å². The highest BCUT2D eigenvalue weighted by molar-refractivity contribution is 7.47. The standard InChI is InChI=1S/C54H100NO9P/c1-3-5-7-9-11-13-15-17-19-21-23-25-27-29-31-33-35-37-39-41-43-45-47-61-48-51(49-62-65(59,60)63-50-52(55)54(57)58)64-53(56)46-44-42-40-38-36-34-32-30-28-26-24-22-20-18-16-14-12-10-8-6-4-2/h15-18,21-24,51-52H,3-14,19-20,25-50,55H2,1-2H3,(H,57,58)(H,59,60)/b17-15-,18-16-,23-21-,24-22-. The van der Waals surface area contributed by atoms with Gasteiger partial charge in [-0.05, 0) is 77.0 Å². The summed E-state index contributed by atoms with van der Waals surface area (Å²) < 4.78 is 33.5. The van der Waals surface area contributed by atoms with Gasteiger partial charge in [0, 0.05) is 13.0 Å². The summed E-state index contributed by atoms with van der Waals surface area (Å²) in [7, 11) is -4.63. The lowest BCUT2D eigenvalue weighted by molar-refractivity contribution is -0.154. The summed E-state index contributed by atoms with van der Waals surface area (Å²) in [5.41, 5.74) is 5.38. The second-order valence-corrected chi connectivity index (χ2v) is 19.5. The molecule has 0 aliphatic carbocycles. The molecule has 4 N–H and O–H groups in total. The molecule has 0 bridgehead atoms. The molecule has 11 heteroatoms. The highest BCUT2D eigenvalue weighted by atomic mass is 31.2. The molecule has 0 rings (SSSR count). The molecule has 65 heavy (non-hydrogen) atoms. The van der Waals surface area contributed by atoms with Crippen LogP contribution in [-0.2, 0) is 32.7 Å². The number of unbranched alkanes of at least 4 members (excludes halogenated alkanes) is 29. The molecule has 3 unspecified atom stereocenters. The zero-order chi connectivity index (χ0) is 47.6. The van der Waals surface area contributed by atoms with E-state index >= 15 is 0 Å². The number of hydrogen-bond donors (Lipinski definition) is 3. The van der Waals surface area contributed by atoms with Gasteiger partial charge >= 0.3 is 19.8 Å². The number of aliphatic carboxylic acids is 1. The normalized spacial score (nSPS) is 14.0.